The van der Waals surface area contributed by atoms with Crippen molar-refractivity contribution >= 4 is 17.7 Å². The summed E-state index contributed by atoms with van der Waals surface area (Å²) < 4.78 is 5.32. The van der Waals surface area contributed by atoms with Gasteiger partial charge in [0.25, 0.3) is 0 Å². The Morgan fingerprint density at radius 1 is 1.36 bits per heavy atom. The molecule has 1 aliphatic heterocycles. The SMILES string of the molecule is O=C(O[C@H]1CCCS1)c1ccccc1. The first-order valence-electron chi connectivity index (χ1n) is 4.74. The summed E-state index contributed by atoms with van der Waals surface area (Å²) >= 11 is 1.72. The maximum Gasteiger partial charge on any atom is 0.339 e. The largest absolute Gasteiger partial charge is 0.448 e. The van der Waals surface area contributed by atoms with Crippen LogP contribution in [0.4, 0.5) is 0 Å². The minimum atomic E-state index is -0.204. The minimum Gasteiger partial charge on any atom is -0.448 e. The molecule has 1 atom stereocenters. The van der Waals surface area contributed by atoms with Gasteiger partial charge in [0.05, 0.1) is 5.56 Å². The molecule has 0 aromatic heterocycles. The maximum atomic E-state index is 11.6. The van der Waals surface area contributed by atoms with Crippen LogP contribution in [0.3, 0.4) is 0 Å². The first-order chi connectivity index (χ1) is 6.86. The topological polar surface area (TPSA) is 26.3 Å². The van der Waals surface area contributed by atoms with Gasteiger partial charge in [-0.3, -0.25) is 0 Å². The molecule has 2 nitrogen and oxygen atoms in total. The van der Waals surface area contributed by atoms with Gasteiger partial charge in [-0.25, -0.2) is 4.79 Å². The highest BCUT2D eigenvalue weighted by molar-refractivity contribution is 8.00. The molecule has 0 unspecified atom stereocenters. The molecule has 0 N–H and O–H groups in total. The zero-order valence-electron chi connectivity index (χ0n) is 7.81. The molecule has 3 heteroatoms. The molecule has 2 rings (SSSR count). The number of carbonyl (C=O) groups is 1. The standard InChI is InChI=1S/C11H12O2S/c12-11(9-5-2-1-3-6-9)13-10-7-4-8-14-10/h1-3,5-6,10H,4,7-8H2/t10-/m1/s1. The lowest BCUT2D eigenvalue weighted by atomic mass is 10.2. The predicted molar refractivity (Wildman–Crippen MR) is 57.3 cm³/mol. The van der Waals surface area contributed by atoms with Crippen LogP contribution in [-0.2, 0) is 4.74 Å². The van der Waals surface area contributed by atoms with Crippen LogP contribution in [0.15, 0.2) is 30.3 Å². The smallest absolute Gasteiger partial charge is 0.339 e. The van der Waals surface area contributed by atoms with E-state index >= 15 is 0 Å². The predicted octanol–water partition coefficient (Wildman–Crippen LogP) is 2.70. The van der Waals surface area contributed by atoms with Gasteiger partial charge in [-0.1, -0.05) is 18.2 Å². The van der Waals surface area contributed by atoms with Gasteiger partial charge in [0.15, 0.2) is 0 Å². The van der Waals surface area contributed by atoms with Gasteiger partial charge in [0.2, 0.25) is 0 Å². The van der Waals surface area contributed by atoms with E-state index in [1.54, 1.807) is 23.9 Å². The van der Waals surface area contributed by atoms with Gasteiger partial charge in [0.1, 0.15) is 5.44 Å². The monoisotopic (exact) mass is 208 g/mol. The molecule has 1 aliphatic rings. The second-order valence-electron chi connectivity index (χ2n) is 3.21. The fraction of sp³-hybridized carbons (Fsp3) is 0.364. The van der Waals surface area contributed by atoms with Crippen molar-refractivity contribution < 1.29 is 9.53 Å². The quantitative estimate of drug-likeness (QED) is 0.699. The average molecular weight is 208 g/mol. The van der Waals surface area contributed by atoms with Gasteiger partial charge >= 0.3 is 5.97 Å². The maximum absolute atomic E-state index is 11.6. The highest BCUT2D eigenvalue weighted by Gasteiger charge is 2.20. The highest BCUT2D eigenvalue weighted by atomic mass is 32.2. The Bertz CT molecular complexity index is 304. The summed E-state index contributed by atoms with van der Waals surface area (Å²) in [6, 6.07) is 9.14. The first kappa shape index (κ1) is 9.59. The zero-order valence-corrected chi connectivity index (χ0v) is 8.63. The van der Waals surface area contributed by atoms with Crippen molar-refractivity contribution in [2.24, 2.45) is 0 Å². The van der Waals surface area contributed by atoms with Crippen LogP contribution in [-0.4, -0.2) is 17.2 Å². The first-order valence-corrected chi connectivity index (χ1v) is 5.79. The van der Waals surface area contributed by atoms with E-state index < -0.39 is 0 Å². The second kappa shape index (κ2) is 4.51. The number of carbonyl (C=O) groups excluding carboxylic acids is 1. The molecule has 1 aromatic rings. The minimum absolute atomic E-state index is 0.0720. The van der Waals surface area contributed by atoms with Crippen molar-refractivity contribution in [3.63, 3.8) is 0 Å². The van der Waals surface area contributed by atoms with Gasteiger partial charge in [0, 0.05) is 0 Å². The van der Waals surface area contributed by atoms with Crippen LogP contribution in [0.2, 0.25) is 0 Å². The van der Waals surface area contributed by atoms with Crippen LogP contribution in [0.5, 0.6) is 0 Å². The van der Waals surface area contributed by atoms with E-state index in [-0.39, 0.29) is 11.4 Å². The summed E-state index contributed by atoms with van der Waals surface area (Å²) in [4.78, 5) is 11.6. The molecule has 1 fully saturated rings. The molecule has 0 aliphatic carbocycles. The van der Waals surface area contributed by atoms with Crippen LogP contribution in [0, 0.1) is 0 Å². The van der Waals surface area contributed by atoms with E-state index in [1.807, 2.05) is 18.2 Å². The number of thioether (sulfide) groups is 1. The summed E-state index contributed by atoms with van der Waals surface area (Å²) in [6.07, 6.45) is 2.14. The lowest BCUT2D eigenvalue weighted by Crippen LogP contribution is -2.12. The van der Waals surface area contributed by atoms with E-state index in [1.165, 1.54) is 0 Å². The molecule has 1 saturated heterocycles. The third kappa shape index (κ3) is 2.29. The van der Waals surface area contributed by atoms with E-state index in [2.05, 4.69) is 0 Å². The third-order valence-corrected chi connectivity index (χ3v) is 3.36. The number of ether oxygens (including phenoxy) is 1. The summed E-state index contributed by atoms with van der Waals surface area (Å²) in [5.74, 6) is 0.900. The number of hydrogen-bond acceptors (Lipinski definition) is 3. The van der Waals surface area contributed by atoms with Crippen molar-refractivity contribution in [3.8, 4) is 0 Å². The molecule has 0 saturated carbocycles. The Hall–Kier alpha value is -0.960. The molecular formula is C11H12O2S. The van der Waals surface area contributed by atoms with Crippen molar-refractivity contribution in [2.45, 2.75) is 18.3 Å². The Morgan fingerprint density at radius 3 is 2.79 bits per heavy atom. The van der Waals surface area contributed by atoms with E-state index in [4.69, 9.17) is 4.74 Å². The number of rotatable bonds is 2. The summed E-state index contributed by atoms with van der Waals surface area (Å²) in [7, 11) is 0. The number of esters is 1. The van der Waals surface area contributed by atoms with Gasteiger partial charge < -0.3 is 4.74 Å². The fourth-order valence-corrected chi connectivity index (χ4v) is 2.49. The van der Waals surface area contributed by atoms with Crippen LogP contribution in [0.1, 0.15) is 23.2 Å². The molecule has 0 spiro atoms. The molecule has 1 heterocycles. The van der Waals surface area contributed by atoms with Gasteiger partial charge in [-0.2, -0.15) is 0 Å². The molecule has 1 aromatic carbocycles. The van der Waals surface area contributed by atoms with Crippen molar-refractivity contribution in [1.82, 2.24) is 0 Å². The van der Waals surface area contributed by atoms with Crippen LogP contribution < -0.4 is 0 Å². The molecule has 74 valence electrons. The molecule has 0 bridgehead atoms. The van der Waals surface area contributed by atoms with Crippen molar-refractivity contribution in [3.05, 3.63) is 35.9 Å². The highest BCUT2D eigenvalue weighted by Crippen LogP contribution is 2.27. The van der Waals surface area contributed by atoms with Gasteiger partial charge in [-0.15, -0.1) is 11.8 Å². The van der Waals surface area contributed by atoms with E-state index in [0.29, 0.717) is 5.56 Å². The van der Waals surface area contributed by atoms with E-state index in [0.717, 1.165) is 18.6 Å². The molecule has 0 amide bonds. The number of benzene rings is 1. The van der Waals surface area contributed by atoms with Crippen LogP contribution in [0.25, 0.3) is 0 Å². The van der Waals surface area contributed by atoms with Crippen molar-refractivity contribution in [1.29, 1.82) is 0 Å². The normalized spacial score (nSPS) is 20.7. The summed E-state index contributed by atoms with van der Waals surface area (Å²) in [6.45, 7) is 0. The molecule has 14 heavy (non-hydrogen) atoms. The van der Waals surface area contributed by atoms with E-state index in [9.17, 15) is 4.79 Å². The Labute approximate surface area is 87.6 Å². The fourth-order valence-electron chi connectivity index (χ4n) is 1.40. The molecular weight excluding hydrogens is 196 g/mol. The lowest BCUT2D eigenvalue weighted by Gasteiger charge is -2.09. The van der Waals surface area contributed by atoms with Gasteiger partial charge in [-0.05, 0) is 30.7 Å². The summed E-state index contributed by atoms with van der Waals surface area (Å²) in [5.41, 5.74) is 0.711. The molecule has 0 radical (unpaired) electrons. The second-order valence-corrected chi connectivity index (χ2v) is 4.48. The lowest BCUT2D eigenvalue weighted by molar-refractivity contribution is 0.0457. The third-order valence-electron chi connectivity index (χ3n) is 2.14. The number of hydrogen-bond donors (Lipinski definition) is 0. The Morgan fingerprint density at radius 2 is 2.14 bits per heavy atom. The Balaban J connectivity index is 1.95. The zero-order chi connectivity index (χ0) is 9.80. The average Bonchev–Trinajstić information content (AvgIpc) is 2.72. The van der Waals surface area contributed by atoms with Crippen molar-refractivity contribution in [2.75, 3.05) is 5.75 Å². The van der Waals surface area contributed by atoms with Crippen LogP contribution >= 0.6 is 11.8 Å². The summed E-state index contributed by atoms with van der Waals surface area (Å²) in [5, 5.41) is 0. The Kier molecular flexibility index (Phi) is 3.09.